The smallest absolute Gasteiger partial charge is 0.310 e. The van der Waals surface area contributed by atoms with Crippen LogP contribution in [0.15, 0.2) is 0 Å². The zero-order valence-electron chi connectivity index (χ0n) is 10.0. The van der Waals surface area contributed by atoms with Crippen LogP contribution < -0.4 is 0 Å². The highest BCUT2D eigenvalue weighted by molar-refractivity contribution is 5.71. The van der Waals surface area contributed by atoms with Crippen molar-refractivity contribution in [3.05, 3.63) is 0 Å². The van der Waals surface area contributed by atoms with Gasteiger partial charge in [-0.25, -0.2) is 0 Å². The molecule has 0 amide bonds. The molecule has 0 radical (unpaired) electrons. The van der Waals surface area contributed by atoms with E-state index in [1.54, 1.807) is 7.11 Å². The first-order chi connectivity index (χ1) is 7.70. The van der Waals surface area contributed by atoms with E-state index in [2.05, 4.69) is 11.8 Å². The molecule has 0 aromatic rings. The summed E-state index contributed by atoms with van der Waals surface area (Å²) in [6, 6.07) is -0.00685. The third kappa shape index (κ3) is 3.43. The van der Waals surface area contributed by atoms with E-state index in [1.807, 2.05) is 0 Å². The third-order valence-electron chi connectivity index (χ3n) is 2.93. The minimum absolute atomic E-state index is 0.00685. The van der Waals surface area contributed by atoms with Gasteiger partial charge in [-0.1, -0.05) is 6.92 Å². The number of ether oxygens (including phenoxy) is 2. The number of hydrogen-bond donors (Lipinski definition) is 1. The molecule has 0 aromatic carbocycles. The van der Waals surface area contributed by atoms with E-state index in [4.69, 9.17) is 14.6 Å². The molecule has 1 rings (SSSR count). The summed E-state index contributed by atoms with van der Waals surface area (Å²) in [7, 11) is 1.66. The van der Waals surface area contributed by atoms with Gasteiger partial charge in [-0.05, 0) is 13.0 Å². The predicted octanol–water partition coefficient (Wildman–Crippen LogP) is 0.444. The van der Waals surface area contributed by atoms with Crippen molar-refractivity contribution in [1.29, 1.82) is 0 Å². The van der Waals surface area contributed by atoms with Gasteiger partial charge in [-0.15, -0.1) is 0 Å². The van der Waals surface area contributed by atoms with Gasteiger partial charge in [0, 0.05) is 19.7 Å². The zero-order valence-corrected chi connectivity index (χ0v) is 10.0. The lowest BCUT2D eigenvalue weighted by molar-refractivity contribution is -0.143. The molecule has 5 nitrogen and oxygen atoms in total. The van der Waals surface area contributed by atoms with E-state index < -0.39 is 11.9 Å². The molecule has 1 aliphatic heterocycles. The Bertz CT molecular complexity index is 222. The van der Waals surface area contributed by atoms with Gasteiger partial charge in [-0.3, -0.25) is 9.69 Å². The van der Waals surface area contributed by atoms with E-state index in [0.29, 0.717) is 19.8 Å². The maximum atomic E-state index is 11.1. The minimum atomic E-state index is -0.763. The molecule has 1 aliphatic rings. The average molecular weight is 231 g/mol. The highest BCUT2D eigenvalue weighted by atomic mass is 16.5. The molecule has 0 aliphatic carbocycles. The number of methoxy groups -OCH3 is 1. The van der Waals surface area contributed by atoms with Crippen LogP contribution >= 0.6 is 0 Å². The van der Waals surface area contributed by atoms with Crippen LogP contribution in [0.4, 0.5) is 0 Å². The van der Waals surface area contributed by atoms with Gasteiger partial charge in [0.1, 0.15) is 0 Å². The van der Waals surface area contributed by atoms with Gasteiger partial charge in [0.15, 0.2) is 0 Å². The molecular weight excluding hydrogens is 210 g/mol. The lowest BCUT2D eigenvalue weighted by atomic mass is 10.0. The first kappa shape index (κ1) is 13.4. The van der Waals surface area contributed by atoms with Crippen LogP contribution in [0.3, 0.4) is 0 Å². The standard InChI is InChI=1S/C11H21NO4/c1-3-4-12(5-6-15-2)10-8-16-7-9(10)11(13)14/h9-10H,3-8H2,1-2H3,(H,13,14). The van der Waals surface area contributed by atoms with E-state index >= 15 is 0 Å². The Morgan fingerprint density at radius 2 is 2.25 bits per heavy atom. The summed E-state index contributed by atoms with van der Waals surface area (Å²) in [6.45, 7) is 5.21. The van der Waals surface area contributed by atoms with Crippen molar-refractivity contribution in [2.75, 3.05) is 40.0 Å². The Morgan fingerprint density at radius 3 is 2.81 bits per heavy atom. The number of carboxylic acid groups (broad SMARTS) is 1. The van der Waals surface area contributed by atoms with E-state index in [1.165, 1.54) is 0 Å². The molecule has 0 saturated carbocycles. The molecule has 0 aromatic heterocycles. The van der Waals surface area contributed by atoms with Gasteiger partial charge in [0.2, 0.25) is 0 Å². The molecule has 0 bridgehead atoms. The van der Waals surface area contributed by atoms with Gasteiger partial charge in [0.05, 0.1) is 25.7 Å². The summed E-state index contributed by atoms with van der Waals surface area (Å²) in [6.07, 6.45) is 1.01. The number of rotatable bonds is 7. The van der Waals surface area contributed by atoms with E-state index in [-0.39, 0.29) is 6.04 Å². The topological polar surface area (TPSA) is 59.0 Å². The van der Waals surface area contributed by atoms with Gasteiger partial charge in [0.25, 0.3) is 0 Å². The van der Waals surface area contributed by atoms with Crippen LogP contribution in [0.25, 0.3) is 0 Å². The summed E-state index contributed by atoms with van der Waals surface area (Å²) in [5.74, 6) is -1.16. The fraction of sp³-hybridized carbons (Fsp3) is 0.909. The first-order valence-electron chi connectivity index (χ1n) is 5.74. The van der Waals surface area contributed by atoms with Crippen molar-refractivity contribution in [3.8, 4) is 0 Å². The second-order valence-electron chi connectivity index (χ2n) is 4.08. The molecule has 1 fully saturated rings. The molecule has 16 heavy (non-hydrogen) atoms. The number of carboxylic acids is 1. The van der Waals surface area contributed by atoms with Gasteiger partial charge in [-0.2, -0.15) is 0 Å². The maximum absolute atomic E-state index is 11.1. The maximum Gasteiger partial charge on any atom is 0.310 e. The Balaban J connectivity index is 2.57. The second kappa shape index (κ2) is 6.83. The summed E-state index contributed by atoms with van der Waals surface area (Å²) >= 11 is 0. The minimum Gasteiger partial charge on any atom is -0.481 e. The monoisotopic (exact) mass is 231 g/mol. The van der Waals surface area contributed by atoms with Crippen molar-refractivity contribution >= 4 is 5.97 Å². The number of hydrogen-bond acceptors (Lipinski definition) is 4. The zero-order chi connectivity index (χ0) is 12.0. The van der Waals surface area contributed by atoms with Gasteiger partial charge >= 0.3 is 5.97 Å². The average Bonchev–Trinajstić information content (AvgIpc) is 2.73. The molecule has 5 heteroatoms. The van der Waals surface area contributed by atoms with E-state index in [0.717, 1.165) is 19.5 Å². The fourth-order valence-corrected chi connectivity index (χ4v) is 2.08. The highest BCUT2D eigenvalue weighted by Crippen LogP contribution is 2.20. The quantitative estimate of drug-likeness (QED) is 0.689. The first-order valence-corrected chi connectivity index (χ1v) is 5.74. The molecular formula is C11H21NO4. The SMILES string of the molecule is CCCN(CCOC)C1COCC1C(=O)O. The van der Waals surface area contributed by atoms with E-state index in [9.17, 15) is 4.79 Å². The molecule has 1 saturated heterocycles. The molecule has 1 N–H and O–H groups in total. The van der Waals surface area contributed by atoms with Crippen LogP contribution in [-0.2, 0) is 14.3 Å². The van der Waals surface area contributed by atoms with Crippen LogP contribution in [0, 0.1) is 5.92 Å². The Kier molecular flexibility index (Phi) is 5.73. The molecule has 2 atom stereocenters. The lowest BCUT2D eigenvalue weighted by Crippen LogP contribution is -2.45. The predicted molar refractivity (Wildman–Crippen MR) is 59.5 cm³/mol. The molecule has 1 heterocycles. The Labute approximate surface area is 96.3 Å². The largest absolute Gasteiger partial charge is 0.481 e. The number of aliphatic carboxylic acids is 1. The summed E-state index contributed by atoms with van der Waals surface area (Å²) < 4.78 is 10.3. The summed E-state index contributed by atoms with van der Waals surface area (Å²) in [5, 5.41) is 9.09. The lowest BCUT2D eigenvalue weighted by Gasteiger charge is -2.29. The highest BCUT2D eigenvalue weighted by Gasteiger charge is 2.37. The molecule has 94 valence electrons. The van der Waals surface area contributed by atoms with Crippen molar-refractivity contribution in [2.24, 2.45) is 5.92 Å². The summed E-state index contributed by atoms with van der Waals surface area (Å²) in [5.41, 5.74) is 0. The van der Waals surface area contributed by atoms with Crippen LogP contribution in [0.1, 0.15) is 13.3 Å². The third-order valence-corrected chi connectivity index (χ3v) is 2.93. The normalized spacial score (nSPS) is 25.2. The van der Waals surface area contributed by atoms with Crippen LogP contribution in [-0.4, -0.2) is 62.0 Å². The molecule has 2 unspecified atom stereocenters. The second-order valence-corrected chi connectivity index (χ2v) is 4.08. The molecule has 0 spiro atoms. The van der Waals surface area contributed by atoms with Crippen LogP contribution in [0.2, 0.25) is 0 Å². The summed E-state index contributed by atoms with van der Waals surface area (Å²) in [4.78, 5) is 13.2. The van der Waals surface area contributed by atoms with Crippen molar-refractivity contribution in [1.82, 2.24) is 4.90 Å². The van der Waals surface area contributed by atoms with Gasteiger partial charge < -0.3 is 14.6 Å². The number of nitrogens with zero attached hydrogens (tertiary/aromatic N) is 1. The Morgan fingerprint density at radius 1 is 1.50 bits per heavy atom. The van der Waals surface area contributed by atoms with Crippen molar-refractivity contribution < 1.29 is 19.4 Å². The Hall–Kier alpha value is -0.650. The van der Waals surface area contributed by atoms with Crippen molar-refractivity contribution in [3.63, 3.8) is 0 Å². The fourth-order valence-electron chi connectivity index (χ4n) is 2.08. The van der Waals surface area contributed by atoms with Crippen LogP contribution in [0.5, 0.6) is 0 Å². The number of carbonyl (C=O) groups is 1. The van der Waals surface area contributed by atoms with Crippen molar-refractivity contribution in [2.45, 2.75) is 19.4 Å².